The number of carbonyl (C=O) groups excluding carboxylic acids is 1. The Labute approximate surface area is 178 Å². The van der Waals surface area contributed by atoms with Crippen LogP contribution < -0.4 is 4.72 Å². The monoisotopic (exact) mass is 455 g/mol. The Bertz CT molecular complexity index is 1080. The van der Waals surface area contributed by atoms with Gasteiger partial charge in [-0.25, -0.2) is 13.1 Å². The second-order valence-electron chi connectivity index (χ2n) is 8.21. The molecule has 1 amide bonds. The molecule has 0 radical (unpaired) electrons. The van der Waals surface area contributed by atoms with Crippen molar-refractivity contribution in [1.82, 2.24) is 14.6 Å². The highest BCUT2D eigenvalue weighted by molar-refractivity contribution is 7.90. The van der Waals surface area contributed by atoms with E-state index in [-0.39, 0.29) is 5.91 Å². The van der Waals surface area contributed by atoms with Crippen molar-refractivity contribution in [3.63, 3.8) is 0 Å². The second-order valence-corrected chi connectivity index (χ2v) is 9.97. The Morgan fingerprint density at radius 3 is 2.58 bits per heavy atom. The molecule has 6 nitrogen and oxygen atoms in total. The van der Waals surface area contributed by atoms with Gasteiger partial charge in [0.15, 0.2) is 0 Å². The van der Waals surface area contributed by atoms with Crippen LogP contribution in [-0.2, 0) is 10.0 Å². The molecule has 1 saturated carbocycles. The number of benzene rings is 1. The Hall–Kier alpha value is -2.20. The SMILES string of the molecule is O=C(c1ccnc2ccc(C3CCCC3)cc12)N1CCC[C@H]1CNS(=O)(=O)C(F)(F)F. The number of aromatic nitrogens is 1. The molecule has 1 saturated heterocycles. The summed E-state index contributed by atoms with van der Waals surface area (Å²) in [6, 6.07) is 6.94. The van der Waals surface area contributed by atoms with Crippen molar-refractivity contribution in [2.24, 2.45) is 0 Å². The molecule has 2 heterocycles. The molecule has 2 aromatic rings. The molecule has 0 unspecified atom stereocenters. The third-order valence-electron chi connectivity index (χ3n) is 6.27. The number of carbonyl (C=O) groups is 1. The van der Waals surface area contributed by atoms with E-state index in [0.717, 1.165) is 18.2 Å². The zero-order valence-corrected chi connectivity index (χ0v) is 17.7. The van der Waals surface area contributed by atoms with Crippen LogP contribution in [0.4, 0.5) is 13.2 Å². The van der Waals surface area contributed by atoms with E-state index in [1.54, 1.807) is 17.0 Å². The smallest absolute Gasteiger partial charge is 0.334 e. The number of pyridine rings is 1. The van der Waals surface area contributed by atoms with Crippen LogP contribution in [0.15, 0.2) is 30.5 Å². The van der Waals surface area contributed by atoms with Crippen LogP contribution in [0.2, 0.25) is 0 Å². The number of alkyl halides is 3. The molecule has 2 aliphatic rings. The number of hydrogen-bond donors (Lipinski definition) is 1. The average Bonchev–Trinajstić information content (AvgIpc) is 3.42. The predicted octanol–water partition coefficient (Wildman–Crippen LogP) is 3.94. The predicted molar refractivity (Wildman–Crippen MR) is 110 cm³/mol. The first-order valence-corrected chi connectivity index (χ1v) is 11.9. The Balaban J connectivity index is 1.58. The van der Waals surface area contributed by atoms with E-state index in [9.17, 15) is 26.4 Å². The van der Waals surface area contributed by atoms with Gasteiger partial charge in [-0.2, -0.15) is 13.2 Å². The lowest BCUT2D eigenvalue weighted by Gasteiger charge is -2.26. The highest BCUT2D eigenvalue weighted by Crippen LogP contribution is 2.36. The molecule has 1 aliphatic carbocycles. The molecule has 1 aromatic heterocycles. The normalized spacial score (nSPS) is 20.6. The summed E-state index contributed by atoms with van der Waals surface area (Å²) in [5.74, 6) is 0.147. The number of nitrogens with one attached hydrogen (secondary N) is 1. The molecule has 4 rings (SSSR count). The maximum atomic E-state index is 13.3. The van der Waals surface area contributed by atoms with Gasteiger partial charge in [0, 0.05) is 30.7 Å². The van der Waals surface area contributed by atoms with Crippen molar-refractivity contribution >= 4 is 26.8 Å². The van der Waals surface area contributed by atoms with Crippen LogP contribution in [0.1, 0.15) is 60.4 Å². The third kappa shape index (κ3) is 4.41. The van der Waals surface area contributed by atoms with E-state index < -0.39 is 28.1 Å². The molecule has 2 fully saturated rings. The number of amides is 1. The van der Waals surface area contributed by atoms with Gasteiger partial charge >= 0.3 is 15.5 Å². The zero-order chi connectivity index (χ0) is 22.2. The Kier molecular flexibility index (Phi) is 5.95. The van der Waals surface area contributed by atoms with Gasteiger partial charge in [-0.15, -0.1) is 0 Å². The van der Waals surface area contributed by atoms with Crippen LogP contribution >= 0.6 is 0 Å². The number of sulfonamides is 1. The summed E-state index contributed by atoms with van der Waals surface area (Å²) >= 11 is 0. The average molecular weight is 456 g/mol. The maximum absolute atomic E-state index is 13.3. The molecular formula is C21H24F3N3O3S. The summed E-state index contributed by atoms with van der Waals surface area (Å²) in [6.07, 6.45) is 7.17. The van der Waals surface area contributed by atoms with Gasteiger partial charge in [0.1, 0.15) is 0 Å². The van der Waals surface area contributed by atoms with Gasteiger partial charge in [0.05, 0.1) is 11.1 Å². The molecule has 31 heavy (non-hydrogen) atoms. The number of nitrogens with zero attached hydrogens (tertiary/aromatic N) is 2. The number of rotatable bonds is 5. The van der Waals surface area contributed by atoms with Crippen LogP contribution in [0, 0.1) is 0 Å². The summed E-state index contributed by atoms with van der Waals surface area (Å²) in [5, 5.41) is 0.721. The van der Waals surface area contributed by atoms with Gasteiger partial charge in [0.2, 0.25) is 0 Å². The van der Waals surface area contributed by atoms with Gasteiger partial charge in [-0.3, -0.25) is 9.78 Å². The van der Waals surface area contributed by atoms with Crippen molar-refractivity contribution < 1.29 is 26.4 Å². The van der Waals surface area contributed by atoms with Crippen LogP contribution in [-0.4, -0.2) is 48.8 Å². The number of fused-ring (bicyclic) bond motifs is 1. The minimum absolute atomic E-state index is 0.315. The lowest BCUT2D eigenvalue weighted by atomic mass is 9.95. The van der Waals surface area contributed by atoms with Gasteiger partial charge in [-0.05, 0) is 55.4 Å². The number of likely N-dealkylation sites (tertiary alicyclic amines) is 1. The molecule has 1 aliphatic heterocycles. The topological polar surface area (TPSA) is 79.4 Å². The Morgan fingerprint density at radius 1 is 1.13 bits per heavy atom. The van der Waals surface area contributed by atoms with Crippen molar-refractivity contribution in [2.45, 2.75) is 56.0 Å². The van der Waals surface area contributed by atoms with E-state index in [2.05, 4.69) is 4.98 Å². The van der Waals surface area contributed by atoms with E-state index in [1.807, 2.05) is 18.2 Å². The summed E-state index contributed by atoms with van der Waals surface area (Å²) < 4.78 is 62.2. The highest BCUT2D eigenvalue weighted by Gasteiger charge is 2.46. The lowest BCUT2D eigenvalue weighted by Crippen LogP contribution is -2.46. The summed E-state index contributed by atoms with van der Waals surface area (Å²) in [5.41, 5.74) is -3.09. The second kappa shape index (κ2) is 8.38. The first-order chi connectivity index (χ1) is 14.7. The van der Waals surface area contributed by atoms with E-state index in [4.69, 9.17) is 0 Å². The van der Waals surface area contributed by atoms with Gasteiger partial charge < -0.3 is 4.90 Å². The Morgan fingerprint density at radius 2 is 1.87 bits per heavy atom. The van der Waals surface area contributed by atoms with Crippen molar-refractivity contribution in [1.29, 1.82) is 0 Å². The van der Waals surface area contributed by atoms with Crippen molar-refractivity contribution in [2.75, 3.05) is 13.1 Å². The van der Waals surface area contributed by atoms with E-state index in [1.165, 1.54) is 23.3 Å². The van der Waals surface area contributed by atoms with Gasteiger partial charge in [-0.1, -0.05) is 18.9 Å². The largest absolute Gasteiger partial charge is 0.511 e. The molecule has 168 valence electrons. The first-order valence-electron chi connectivity index (χ1n) is 10.4. The van der Waals surface area contributed by atoms with E-state index in [0.29, 0.717) is 36.4 Å². The molecular weight excluding hydrogens is 431 g/mol. The van der Waals surface area contributed by atoms with Crippen LogP contribution in [0.5, 0.6) is 0 Å². The third-order valence-corrected chi connectivity index (χ3v) is 7.43. The number of halogens is 3. The van der Waals surface area contributed by atoms with Crippen molar-refractivity contribution in [3.05, 3.63) is 41.6 Å². The maximum Gasteiger partial charge on any atom is 0.511 e. The fraction of sp³-hybridized carbons (Fsp3) is 0.524. The molecule has 0 spiro atoms. The van der Waals surface area contributed by atoms with E-state index >= 15 is 0 Å². The standard InChI is InChI=1S/C21H24F3N3O3S/c22-21(23,24)31(29,30)26-13-16-6-3-11-27(16)20(28)17-9-10-25-19-8-7-15(12-18(17)19)14-4-1-2-5-14/h7-10,12,14,16,26H,1-6,11,13H2/t16-/m0/s1. The van der Waals surface area contributed by atoms with Crippen LogP contribution in [0.3, 0.4) is 0 Å². The van der Waals surface area contributed by atoms with Crippen LogP contribution in [0.25, 0.3) is 10.9 Å². The fourth-order valence-electron chi connectivity index (χ4n) is 4.62. The molecule has 0 bridgehead atoms. The lowest BCUT2D eigenvalue weighted by molar-refractivity contribution is -0.0448. The fourth-order valence-corrected chi connectivity index (χ4v) is 5.20. The summed E-state index contributed by atoms with van der Waals surface area (Å²) in [6.45, 7) is -0.104. The minimum atomic E-state index is -5.45. The zero-order valence-electron chi connectivity index (χ0n) is 16.9. The summed E-state index contributed by atoms with van der Waals surface area (Å²) in [7, 11) is -5.45. The number of hydrogen-bond acceptors (Lipinski definition) is 4. The van der Waals surface area contributed by atoms with Crippen molar-refractivity contribution in [3.8, 4) is 0 Å². The highest BCUT2D eigenvalue weighted by atomic mass is 32.2. The minimum Gasteiger partial charge on any atom is -0.334 e. The first kappa shape index (κ1) is 22.0. The summed E-state index contributed by atoms with van der Waals surface area (Å²) in [4.78, 5) is 19.1. The molecule has 1 N–H and O–H groups in total. The molecule has 1 aromatic carbocycles. The van der Waals surface area contributed by atoms with Gasteiger partial charge in [0.25, 0.3) is 5.91 Å². The molecule has 1 atom stereocenters. The quantitative estimate of drug-likeness (QED) is 0.741. The molecule has 10 heteroatoms.